The van der Waals surface area contributed by atoms with E-state index in [1.807, 2.05) is 6.92 Å². The number of nitrogens with one attached hydrogen (secondary N) is 2. The van der Waals surface area contributed by atoms with Crippen LogP contribution in [-0.4, -0.2) is 25.8 Å². The molecule has 0 aliphatic heterocycles. The number of benzene rings is 2. The maximum absolute atomic E-state index is 13.4. The number of urea groups is 1. The van der Waals surface area contributed by atoms with Crippen LogP contribution in [0.2, 0.25) is 0 Å². The number of hydrogen-bond donors (Lipinski definition) is 2. The summed E-state index contributed by atoms with van der Waals surface area (Å²) in [5.74, 6) is -3.19. The first-order valence-electron chi connectivity index (χ1n) is 7.55. The minimum atomic E-state index is -1.64. The zero-order valence-electron chi connectivity index (χ0n) is 13.4. The van der Waals surface area contributed by atoms with Gasteiger partial charge in [-0.15, -0.1) is 0 Å². The molecule has 8 heteroatoms. The normalized spacial score (nSPS) is 10.2. The largest absolute Gasteiger partial charge is 0.494 e. The molecule has 5 nitrogen and oxygen atoms in total. The predicted octanol–water partition coefficient (Wildman–Crippen LogP) is 3.70. The average Bonchev–Trinajstić information content (AvgIpc) is 2.60. The van der Waals surface area contributed by atoms with Gasteiger partial charge < -0.3 is 20.1 Å². The number of ether oxygens (including phenoxy) is 2. The van der Waals surface area contributed by atoms with Crippen molar-refractivity contribution in [2.75, 3.05) is 25.1 Å². The Labute approximate surface area is 142 Å². The first kappa shape index (κ1) is 18.4. The molecule has 2 rings (SSSR count). The quantitative estimate of drug-likeness (QED) is 0.589. The van der Waals surface area contributed by atoms with E-state index in [9.17, 15) is 18.0 Å². The summed E-state index contributed by atoms with van der Waals surface area (Å²) in [5.41, 5.74) is -0.457. The third kappa shape index (κ3) is 5.30. The molecule has 0 aliphatic rings. The first-order valence-corrected chi connectivity index (χ1v) is 7.55. The Balaban J connectivity index is 1.77. The fourth-order valence-electron chi connectivity index (χ4n) is 1.94. The van der Waals surface area contributed by atoms with Crippen LogP contribution >= 0.6 is 0 Å². The molecule has 25 heavy (non-hydrogen) atoms. The Bertz CT molecular complexity index is 741. The number of hydrogen-bond acceptors (Lipinski definition) is 3. The number of carbonyl (C=O) groups excluding carboxylic acids is 1. The third-order valence-electron chi connectivity index (χ3n) is 3.06. The van der Waals surface area contributed by atoms with Gasteiger partial charge in [0.25, 0.3) is 0 Å². The van der Waals surface area contributed by atoms with E-state index in [2.05, 4.69) is 10.6 Å². The molecule has 2 N–H and O–H groups in total. The van der Waals surface area contributed by atoms with Crippen LogP contribution in [0.1, 0.15) is 6.92 Å². The second-order valence-corrected chi connectivity index (χ2v) is 4.86. The molecule has 0 unspecified atom stereocenters. The van der Waals surface area contributed by atoms with Crippen LogP contribution in [0.4, 0.5) is 23.7 Å². The number of anilines is 1. The van der Waals surface area contributed by atoms with Crippen LogP contribution in [0, 0.1) is 17.5 Å². The van der Waals surface area contributed by atoms with Gasteiger partial charge in [0.15, 0.2) is 17.5 Å². The van der Waals surface area contributed by atoms with E-state index in [0.29, 0.717) is 18.1 Å². The van der Waals surface area contributed by atoms with Gasteiger partial charge in [0.05, 0.1) is 18.8 Å². The van der Waals surface area contributed by atoms with Crippen molar-refractivity contribution in [3.63, 3.8) is 0 Å². The molecule has 0 aliphatic carbocycles. The molecule has 0 aromatic heterocycles. The van der Waals surface area contributed by atoms with Gasteiger partial charge in [-0.1, -0.05) is 6.07 Å². The standard InChI is InChI=1S/C17H17F3N2O3/c1-2-24-11-4-3-5-12(10-11)25-9-8-21-17(23)22-14-7-6-13(18)15(19)16(14)20/h3-7,10H,2,8-9H2,1H3,(H2,21,22,23). The first-order chi connectivity index (χ1) is 12.0. The number of carbonyl (C=O) groups is 1. The summed E-state index contributed by atoms with van der Waals surface area (Å²) < 4.78 is 50.1. The maximum atomic E-state index is 13.4. The number of halogens is 3. The summed E-state index contributed by atoms with van der Waals surface area (Å²) in [6.07, 6.45) is 0. The summed E-state index contributed by atoms with van der Waals surface area (Å²) >= 11 is 0. The lowest BCUT2D eigenvalue weighted by atomic mass is 10.3. The second-order valence-electron chi connectivity index (χ2n) is 4.86. The monoisotopic (exact) mass is 354 g/mol. The highest BCUT2D eigenvalue weighted by Crippen LogP contribution is 2.20. The molecule has 0 radical (unpaired) electrons. The number of amides is 2. The maximum Gasteiger partial charge on any atom is 0.319 e. The molecule has 0 atom stereocenters. The van der Waals surface area contributed by atoms with Gasteiger partial charge in [-0.05, 0) is 31.2 Å². The molecule has 2 aromatic carbocycles. The Hall–Kier alpha value is -2.90. The summed E-state index contributed by atoms with van der Waals surface area (Å²) in [6.45, 7) is 2.68. The lowest BCUT2D eigenvalue weighted by molar-refractivity contribution is 0.247. The van der Waals surface area contributed by atoms with Crippen molar-refractivity contribution in [2.24, 2.45) is 0 Å². The smallest absolute Gasteiger partial charge is 0.319 e. The molecule has 2 aromatic rings. The van der Waals surface area contributed by atoms with Gasteiger partial charge in [-0.3, -0.25) is 0 Å². The Morgan fingerprint density at radius 2 is 1.76 bits per heavy atom. The Morgan fingerprint density at radius 1 is 1.04 bits per heavy atom. The molecule has 0 fully saturated rings. The van der Waals surface area contributed by atoms with Crippen molar-refractivity contribution < 1.29 is 27.4 Å². The van der Waals surface area contributed by atoms with Crippen molar-refractivity contribution in [3.8, 4) is 11.5 Å². The highest BCUT2D eigenvalue weighted by Gasteiger charge is 2.14. The molecular weight excluding hydrogens is 337 g/mol. The Morgan fingerprint density at radius 3 is 2.48 bits per heavy atom. The SMILES string of the molecule is CCOc1cccc(OCCNC(=O)Nc2ccc(F)c(F)c2F)c1. The van der Waals surface area contributed by atoms with Crippen molar-refractivity contribution in [1.29, 1.82) is 0 Å². The predicted molar refractivity (Wildman–Crippen MR) is 86.4 cm³/mol. The van der Waals surface area contributed by atoms with E-state index >= 15 is 0 Å². The highest BCUT2D eigenvalue weighted by atomic mass is 19.2. The minimum Gasteiger partial charge on any atom is -0.494 e. The minimum absolute atomic E-state index is 0.121. The van der Waals surface area contributed by atoms with Gasteiger partial charge in [-0.2, -0.15) is 0 Å². The topological polar surface area (TPSA) is 59.6 Å². The molecular formula is C17H17F3N2O3. The van der Waals surface area contributed by atoms with Crippen LogP contribution in [-0.2, 0) is 0 Å². The van der Waals surface area contributed by atoms with Crippen LogP contribution < -0.4 is 20.1 Å². The molecule has 0 bridgehead atoms. The molecule has 2 amide bonds. The van der Waals surface area contributed by atoms with Crippen molar-refractivity contribution >= 4 is 11.7 Å². The van der Waals surface area contributed by atoms with E-state index < -0.39 is 29.2 Å². The highest BCUT2D eigenvalue weighted by molar-refractivity contribution is 5.89. The van der Waals surface area contributed by atoms with E-state index in [-0.39, 0.29) is 13.2 Å². The third-order valence-corrected chi connectivity index (χ3v) is 3.06. The van der Waals surface area contributed by atoms with Gasteiger partial charge in [0.2, 0.25) is 0 Å². The van der Waals surface area contributed by atoms with Crippen molar-refractivity contribution in [2.45, 2.75) is 6.92 Å². The van der Waals surface area contributed by atoms with E-state index in [1.165, 1.54) is 0 Å². The zero-order valence-corrected chi connectivity index (χ0v) is 13.4. The van der Waals surface area contributed by atoms with Gasteiger partial charge >= 0.3 is 6.03 Å². The molecule has 0 heterocycles. The van der Waals surface area contributed by atoms with Gasteiger partial charge in [-0.25, -0.2) is 18.0 Å². The van der Waals surface area contributed by atoms with Gasteiger partial charge in [0, 0.05) is 6.07 Å². The van der Waals surface area contributed by atoms with Crippen LogP contribution in [0.3, 0.4) is 0 Å². The number of rotatable bonds is 7. The summed E-state index contributed by atoms with van der Waals surface area (Å²) in [7, 11) is 0. The lowest BCUT2D eigenvalue weighted by Gasteiger charge is -2.11. The van der Waals surface area contributed by atoms with Crippen molar-refractivity contribution in [3.05, 3.63) is 53.8 Å². The summed E-state index contributed by atoms with van der Waals surface area (Å²) in [6, 6.07) is 7.90. The Kier molecular flexibility index (Phi) is 6.50. The van der Waals surface area contributed by atoms with Crippen LogP contribution in [0.15, 0.2) is 36.4 Å². The zero-order chi connectivity index (χ0) is 18.2. The fraction of sp³-hybridized carbons (Fsp3) is 0.235. The molecule has 0 saturated carbocycles. The molecule has 0 spiro atoms. The van der Waals surface area contributed by atoms with E-state index in [1.54, 1.807) is 24.3 Å². The fourth-order valence-corrected chi connectivity index (χ4v) is 1.94. The van der Waals surface area contributed by atoms with Crippen molar-refractivity contribution in [1.82, 2.24) is 5.32 Å². The summed E-state index contributed by atoms with van der Waals surface area (Å²) in [5, 5.41) is 4.51. The summed E-state index contributed by atoms with van der Waals surface area (Å²) in [4.78, 5) is 11.6. The second kappa shape index (κ2) is 8.81. The van der Waals surface area contributed by atoms with E-state index in [0.717, 1.165) is 12.1 Å². The van der Waals surface area contributed by atoms with Crippen LogP contribution in [0.25, 0.3) is 0 Å². The van der Waals surface area contributed by atoms with Crippen LogP contribution in [0.5, 0.6) is 11.5 Å². The average molecular weight is 354 g/mol. The lowest BCUT2D eigenvalue weighted by Crippen LogP contribution is -2.32. The molecule has 134 valence electrons. The van der Waals surface area contributed by atoms with Gasteiger partial charge in [0.1, 0.15) is 18.1 Å². The molecule has 0 saturated heterocycles. The van der Waals surface area contributed by atoms with E-state index in [4.69, 9.17) is 9.47 Å².